The zero-order valence-corrected chi connectivity index (χ0v) is 28.7. The monoisotopic (exact) mass is 665 g/mol. The Morgan fingerprint density at radius 3 is 0.824 bits per heavy atom. The van der Waals surface area contributed by atoms with Crippen molar-refractivity contribution in [3.63, 3.8) is 0 Å². The Labute approximate surface area is 299 Å². The van der Waals surface area contributed by atoms with Crippen molar-refractivity contribution >= 4 is 17.1 Å². The maximum Gasteiger partial charge on any atom is 0.279 e. The van der Waals surface area contributed by atoms with Crippen LogP contribution in [-0.2, 0) is 11.1 Å². The number of nitro groups is 1. The van der Waals surface area contributed by atoms with E-state index in [9.17, 15) is 10.1 Å². The van der Waals surface area contributed by atoms with Crippen LogP contribution in [0.5, 0.6) is 0 Å². The summed E-state index contributed by atoms with van der Waals surface area (Å²) in [4.78, 5) is 12.8. The lowest BCUT2D eigenvalue weighted by molar-refractivity contribution is -0.385. The maximum absolute atomic E-state index is 13.0. The van der Waals surface area contributed by atoms with Crippen LogP contribution in [0, 0.1) is 24.0 Å². The van der Waals surface area contributed by atoms with Crippen LogP contribution in [0.2, 0.25) is 0 Å². The van der Waals surface area contributed by atoms with E-state index < -0.39 is 11.1 Å². The van der Waals surface area contributed by atoms with E-state index in [-0.39, 0.29) is 10.6 Å². The second-order valence-corrected chi connectivity index (χ2v) is 12.8. The summed E-state index contributed by atoms with van der Waals surface area (Å²) in [7, 11) is 0. The van der Waals surface area contributed by atoms with Gasteiger partial charge in [-0.15, -0.1) is 0 Å². The van der Waals surface area contributed by atoms with Crippen molar-refractivity contribution in [2.75, 3.05) is 10.6 Å². The van der Waals surface area contributed by atoms with Gasteiger partial charge in [0.2, 0.25) is 0 Å². The van der Waals surface area contributed by atoms with Crippen molar-refractivity contribution < 1.29 is 4.92 Å². The average molecular weight is 666 g/mol. The van der Waals surface area contributed by atoms with Gasteiger partial charge >= 0.3 is 0 Å². The van der Waals surface area contributed by atoms with Crippen LogP contribution in [0.15, 0.2) is 188 Å². The van der Waals surface area contributed by atoms with Gasteiger partial charge in [0.1, 0.15) is 11.1 Å². The number of nitrogens with one attached hydrogen (secondary N) is 2. The fourth-order valence-corrected chi connectivity index (χ4v) is 7.40. The van der Waals surface area contributed by atoms with Crippen molar-refractivity contribution in [1.29, 1.82) is 0 Å². The first-order valence-electron chi connectivity index (χ1n) is 17.1. The molecule has 5 nitrogen and oxygen atoms in total. The Kier molecular flexibility index (Phi) is 9.19. The van der Waals surface area contributed by atoms with E-state index in [1.807, 2.05) is 129 Å². The third kappa shape index (κ3) is 6.04. The molecule has 0 saturated heterocycles. The molecule has 0 spiro atoms. The lowest BCUT2D eigenvalue weighted by Gasteiger charge is -2.40. The highest BCUT2D eigenvalue weighted by atomic mass is 16.6. The van der Waals surface area contributed by atoms with Crippen LogP contribution in [-0.4, -0.2) is 4.92 Å². The first-order valence-corrected chi connectivity index (χ1v) is 17.1. The minimum absolute atomic E-state index is 0.0636. The van der Waals surface area contributed by atoms with Crippen molar-refractivity contribution in [2.45, 2.75) is 24.9 Å². The lowest BCUT2D eigenvalue weighted by Crippen LogP contribution is -2.39. The molecule has 0 unspecified atom stereocenters. The van der Waals surface area contributed by atoms with E-state index in [1.165, 1.54) is 0 Å². The molecule has 7 aromatic rings. The smallest absolute Gasteiger partial charge is 0.279 e. The lowest BCUT2D eigenvalue weighted by atomic mass is 9.76. The van der Waals surface area contributed by atoms with Crippen LogP contribution < -0.4 is 10.6 Å². The summed E-state index contributed by atoms with van der Waals surface area (Å²) in [6, 6.07) is 63.7. The number of nitro benzene ring substituents is 1. The predicted molar refractivity (Wildman–Crippen MR) is 208 cm³/mol. The van der Waals surface area contributed by atoms with Gasteiger partial charge in [-0.1, -0.05) is 182 Å². The molecule has 0 amide bonds. The minimum Gasteiger partial charge on any atom is -0.367 e. The molecule has 0 heterocycles. The van der Waals surface area contributed by atoms with Gasteiger partial charge in [-0.2, -0.15) is 0 Å². The van der Waals surface area contributed by atoms with Gasteiger partial charge in [0.05, 0.1) is 16.1 Å². The Bertz CT molecular complexity index is 1880. The fourth-order valence-electron chi connectivity index (χ4n) is 7.40. The summed E-state index contributed by atoms with van der Waals surface area (Å²) >= 11 is 0. The standard InChI is InChI=1S/C46H39N3O2/c1-34-42(47-45(36-21-9-3-10-22-36,37-23-11-4-12-24-37)38-25-13-5-14-26-38)33-43(35(2)44(34)49(50)51)48-46(39-27-15-6-16-28-39,40-29-17-7-18-30-40)41-31-19-8-20-32-41/h3-33,47-48H,1-2H3. The third-order valence-electron chi connectivity index (χ3n) is 9.87. The number of hydrogen-bond acceptors (Lipinski definition) is 4. The molecule has 0 atom stereocenters. The molecule has 0 aliphatic rings. The van der Waals surface area contributed by atoms with Gasteiger partial charge in [0.15, 0.2) is 0 Å². The van der Waals surface area contributed by atoms with Crippen molar-refractivity contribution in [2.24, 2.45) is 0 Å². The van der Waals surface area contributed by atoms with Gasteiger partial charge in [-0.3, -0.25) is 10.1 Å². The summed E-state index contributed by atoms with van der Waals surface area (Å²) in [5.41, 5.74) is 6.74. The predicted octanol–water partition coefficient (Wildman–Crippen LogP) is 11.0. The molecule has 0 aliphatic heterocycles. The Hall–Kier alpha value is -6.46. The molecule has 5 heteroatoms. The number of benzene rings is 7. The van der Waals surface area contributed by atoms with Gasteiger partial charge in [0, 0.05) is 11.4 Å². The Morgan fingerprint density at radius 2 is 0.627 bits per heavy atom. The molecule has 0 fully saturated rings. The van der Waals surface area contributed by atoms with Crippen molar-refractivity contribution in [3.05, 3.63) is 243 Å². The first-order chi connectivity index (χ1) is 24.9. The normalized spacial score (nSPS) is 11.5. The number of hydrogen-bond donors (Lipinski definition) is 2. The van der Waals surface area contributed by atoms with Gasteiger partial charge in [0.25, 0.3) is 5.69 Å². The Morgan fingerprint density at radius 1 is 0.412 bits per heavy atom. The largest absolute Gasteiger partial charge is 0.367 e. The van der Waals surface area contributed by atoms with E-state index in [4.69, 9.17) is 0 Å². The SMILES string of the molecule is Cc1c(NC(c2ccccc2)(c2ccccc2)c2ccccc2)cc(NC(c2ccccc2)(c2ccccc2)c2ccccc2)c(C)c1[N+](=O)[O-]. The van der Waals surface area contributed by atoms with Gasteiger partial charge in [-0.25, -0.2) is 0 Å². The molecule has 7 aromatic carbocycles. The van der Waals surface area contributed by atoms with Crippen LogP contribution in [0.25, 0.3) is 0 Å². The molecular weight excluding hydrogens is 627 g/mol. The van der Waals surface area contributed by atoms with Gasteiger partial charge < -0.3 is 10.6 Å². The molecule has 0 bridgehead atoms. The van der Waals surface area contributed by atoms with Crippen LogP contribution in [0.1, 0.15) is 44.5 Å². The number of anilines is 2. The van der Waals surface area contributed by atoms with E-state index in [2.05, 4.69) is 83.4 Å². The molecule has 7 rings (SSSR count). The quantitative estimate of drug-likeness (QED) is 0.0820. The zero-order chi connectivity index (χ0) is 35.3. The Balaban J connectivity index is 1.51. The minimum atomic E-state index is -0.885. The molecule has 0 aromatic heterocycles. The first kappa shape index (κ1) is 33.1. The highest BCUT2D eigenvalue weighted by Crippen LogP contribution is 2.46. The fraction of sp³-hybridized carbons (Fsp3) is 0.0870. The van der Waals surface area contributed by atoms with E-state index in [0.29, 0.717) is 22.5 Å². The molecule has 0 radical (unpaired) electrons. The van der Waals surface area contributed by atoms with E-state index in [1.54, 1.807) is 0 Å². The van der Waals surface area contributed by atoms with Gasteiger partial charge in [-0.05, 0) is 53.3 Å². The summed E-state index contributed by atoms with van der Waals surface area (Å²) in [6.45, 7) is 3.67. The molecule has 250 valence electrons. The van der Waals surface area contributed by atoms with E-state index in [0.717, 1.165) is 33.4 Å². The zero-order valence-electron chi connectivity index (χ0n) is 28.7. The topological polar surface area (TPSA) is 67.2 Å². The summed E-state index contributed by atoms with van der Waals surface area (Å²) in [5.74, 6) is 0. The van der Waals surface area contributed by atoms with E-state index >= 15 is 0 Å². The second-order valence-electron chi connectivity index (χ2n) is 12.8. The highest BCUT2D eigenvalue weighted by Gasteiger charge is 2.40. The summed E-state index contributed by atoms with van der Waals surface area (Å²) < 4.78 is 0. The number of rotatable bonds is 11. The van der Waals surface area contributed by atoms with Crippen LogP contribution in [0.3, 0.4) is 0 Å². The third-order valence-corrected chi connectivity index (χ3v) is 9.87. The number of nitrogens with zero attached hydrogens (tertiary/aromatic N) is 1. The maximum atomic E-state index is 13.0. The average Bonchev–Trinajstić information content (AvgIpc) is 3.19. The second kappa shape index (κ2) is 14.2. The van der Waals surface area contributed by atoms with Crippen LogP contribution in [0.4, 0.5) is 17.1 Å². The summed E-state index contributed by atoms with van der Waals surface area (Å²) in [6.07, 6.45) is 0. The molecule has 0 saturated carbocycles. The molecular formula is C46H39N3O2. The molecule has 2 N–H and O–H groups in total. The highest BCUT2D eigenvalue weighted by molar-refractivity contribution is 5.78. The molecule has 51 heavy (non-hydrogen) atoms. The summed E-state index contributed by atoms with van der Waals surface area (Å²) in [5, 5.41) is 20.9. The van der Waals surface area contributed by atoms with Crippen LogP contribution >= 0.6 is 0 Å². The molecule has 0 aliphatic carbocycles. The van der Waals surface area contributed by atoms with Crippen molar-refractivity contribution in [3.8, 4) is 0 Å². The van der Waals surface area contributed by atoms with Crippen molar-refractivity contribution in [1.82, 2.24) is 0 Å².